The molecule has 1 saturated heterocycles. The third-order valence-electron chi connectivity index (χ3n) is 5.40. The zero-order valence-electron chi connectivity index (χ0n) is 18.3. The van der Waals surface area contributed by atoms with Gasteiger partial charge in [0.25, 0.3) is 5.91 Å². The highest BCUT2D eigenvalue weighted by Gasteiger charge is 2.34. The molecule has 6 heteroatoms. The summed E-state index contributed by atoms with van der Waals surface area (Å²) in [4.78, 5) is 27.0. The highest BCUT2D eigenvalue weighted by atomic mass is 32.2. The maximum atomic E-state index is 13.4. The number of carbonyl (C=O) groups excluding carboxylic acids is 2. The summed E-state index contributed by atoms with van der Waals surface area (Å²) >= 11 is 1.56. The number of benzene rings is 3. The van der Waals surface area contributed by atoms with Gasteiger partial charge in [0.2, 0.25) is 5.91 Å². The van der Waals surface area contributed by atoms with E-state index < -0.39 is 5.82 Å². The molecule has 0 aromatic heterocycles. The maximum Gasteiger partial charge on any atom is 0.255 e. The minimum absolute atomic E-state index is 0.0376. The van der Waals surface area contributed by atoms with Crippen LogP contribution in [0.2, 0.25) is 0 Å². The molecule has 1 heterocycles. The quantitative estimate of drug-likeness (QED) is 0.520. The molecule has 1 aliphatic heterocycles. The third kappa shape index (κ3) is 4.70. The minimum atomic E-state index is -0.458. The van der Waals surface area contributed by atoms with Crippen LogP contribution in [0.1, 0.15) is 47.6 Å². The van der Waals surface area contributed by atoms with Crippen molar-refractivity contribution in [2.45, 2.75) is 31.6 Å². The van der Waals surface area contributed by atoms with Crippen molar-refractivity contribution in [2.24, 2.45) is 0 Å². The van der Waals surface area contributed by atoms with E-state index in [1.807, 2.05) is 35.2 Å². The van der Waals surface area contributed by atoms with Gasteiger partial charge < -0.3 is 5.32 Å². The molecule has 4 rings (SSSR count). The normalized spacial score (nSPS) is 16.3. The molecule has 0 unspecified atom stereocenters. The van der Waals surface area contributed by atoms with E-state index in [9.17, 15) is 14.0 Å². The molecule has 0 spiro atoms. The molecule has 164 valence electrons. The molecule has 3 aromatic carbocycles. The number of nitrogens with zero attached hydrogens (tertiary/aromatic N) is 1. The summed E-state index contributed by atoms with van der Waals surface area (Å²) < 4.78 is 13.4. The largest absolute Gasteiger partial charge is 0.322 e. The number of thioether (sulfide) groups is 1. The molecule has 3 aromatic rings. The maximum absolute atomic E-state index is 13.4. The average molecular weight is 449 g/mol. The predicted molar refractivity (Wildman–Crippen MR) is 129 cm³/mol. The van der Waals surface area contributed by atoms with Gasteiger partial charge in [-0.15, -0.1) is 11.8 Å². The monoisotopic (exact) mass is 448 g/mol. The molecule has 0 aliphatic carbocycles. The van der Waals surface area contributed by atoms with Crippen LogP contribution in [0.25, 0.3) is 0 Å². The summed E-state index contributed by atoms with van der Waals surface area (Å²) in [7, 11) is 0. The van der Waals surface area contributed by atoms with Crippen molar-refractivity contribution < 1.29 is 14.0 Å². The number of hydrogen-bond donors (Lipinski definition) is 1. The van der Waals surface area contributed by atoms with Gasteiger partial charge in [0.05, 0.1) is 5.75 Å². The number of hydrogen-bond acceptors (Lipinski definition) is 3. The fourth-order valence-electron chi connectivity index (χ4n) is 3.67. The predicted octanol–water partition coefficient (Wildman–Crippen LogP) is 6.15. The number of nitrogens with one attached hydrogen (secondary N) is 1. The van der Waals surface area contributed by atoms with E-state index in [-0.39, 0.29) is 28.2 Å². The summed E-state index contributed by atoms with van der Waals surface area (Å²) in [5.74, 6) is -0.393. The molecule has 2 amide bonds. The summed E-state index contributed by atoms with van der Waals surface area (Å²) in [5.41, 5.74) is 3.86. The first kappa shape index (κ1) is 22.1. The van der Waals surface area contributed by atoms with E-state index in [0.29, 0.717) is 11.4 Å². The lowest BCUT2D eigenvalue weighted by Gasteiger charge is -2.26. The Morgan fingerprint density at radius 2 is 1.75 bits per heavy atom. The minimum Gasteiger partial charge on any atom is -0.322 e. The number of halogens is 1. The van der Waals surface area contributed by atoms with Crippen molar-refractivity contribution in [1.82, 2.24) is 0 Å². The molecule has 0 saturated carbocycles. The second-order valence-corrected chi connectivity index (χ2v) is 9.88. The number of rotatable bonds is 4. The van der Waals surface area contributed by atoms with Crippen LogP contribution in [0.15, 0.2) is 72.8 Å². The van der Waals surface area contributed by atoms with Gasteiger partial charge in [0, 0.05) is 16.9 Å². The van der Waals surface area contributed by atoms with Crippen LogP contribution in [0, 0.1) is 5.82 Å². The van der Waals surface area contributed by atoms with Crippen LogP contribution in [0.3, 0.4) is 0 Å². The number of anilines is 2. The van der Waals surface area contributed by atoms with E-state index in [0.717, 1.165) is 11.3 Å². The van der Waals surface area contributed by atoms with E-state index in [2.05, 4.69) is 38.2 Å². The molecular weight excluding hydrogens is 423 g/mol. The lowest BCUT2D eigenvalue weighted by atomic mass is 9.87. The van der Waals surface area contributed by atoms with Crippen molar-refractivity contribution in [3.8, 4) is 0 Å². The molecule has 1 N–H and O–H groups in total. The molecule has 1 aliphatic rings. The van der Waals surface area contributed by atoms with Gasteiger partial charge in [-0.2, -0.15) is 0 Å². The first-order valence-electron chi connectivity index (χ1n) is 10.4. The Kier molecular flexibility index (Phi) is 6.07. The average Bonchev–Trinajstić information content (AvgIpc) is 3.15. The lowest BCUT2D eigenvalue weighted by Crippen LogP contribution is -2.28. The third-order valence-corrected chi connectivity index (χ3v) is 6.61. The summed E-state index contributed by atoms with van der Waals surface area (Å²) in [6.07, 6.45) is 0. The van der Waals surface area contributed by atoms with Gasteiger partial charge in [-0.1, -0.05) is 51.1 Å². The van der Waals surface area contributed by atoms with Crippen LogP contribution in [-0.2, 0) is 10.2 Å². The van der Waals surface area contributed by atoms with E-state index >= 15 is 0 Å². The van der Waals surface area contributed by atoms with Gasteiger partial charge in [0.15, 0.2) is 0 Å². The zero-order valence-corrected chi connectivity index (χ0v) is 19.1. The van der Waals surface area contributed by atoms with Crippen LogP contribution in [-0.4, -0.2) is 17.6 Å². The second kappa shape index (κ2) is 8.79. The lowest BCUT2D eigenvalue weighted by molar-refractivity contribution is -0.115. The number of carbonyl (C=O) groups is 2. The molecule has 4 nitrogen and oxygen atoms in total. The Labute approximate surface area is 191 Å². The van der Waals surface area contributed by atoms with Gasteiger partial charge in [-0.05, 0) is 59.0 Å². The molecule has 0 radical (unpaired) electrons. The SMILES string of the molecule is CC(C)(C)c1ccc(N2C(=O)CS[C@@H]2c2cccc(NC(=O)c3cccc(F)c3)c2)cc1. The topological polar surface area (TPSA) is 49.4 Å². The zero-order chi connectivity index (χ0) is 22.9. The molecule has 1 atom stereocenters. The molecular formula is C26H25FN2O2S. The van der Waals surface area contributed by atoms with Crippen molar-refractivity contribution in [3.63, 3.8) is 0 Å². The van der Waals surface area contributed by atoms with Crippen LogP contribution in [0.5, 0.6) is 0 Å². The van der Waals surface area contributed by atoms with Crippen LogP contribution in [0.4, 0.5) is 15.8 Å². The Hall–Kier alpha value is -3.12. The number of amides is 2. The molecule has 32 heavy (non-hydrogen) atoms. The van der Waals surface area contributed by atoms with E-state index in [4.69, 9.17) is 0 Å². The van der Waals surface area contributed by atoms with Gasteiger partial charge >= 0.3 is 0 Å². The highest BCUT2D eigenvalue weighted by Crippen LogP contribution is 2.42. The highest BCUT2D eigenvalue weighted by molar-refractivity contribution is 8.00. The van der Waals surface area contributed by atoms with Crippen molar-refractivity contribution in [3.05, 3.63) is 95.3 Å². The van der Waals surface area contributed by atoms with E-state index in [1.165, 1.54) is 23.8 Å². The van der Waals surface area contributed by atoms with Crippen LogP contribution >= 0.6 is 11.8 Å². The smallest absolute Gasteiger partial charge is 0.255 e. The van der Waals surface area contributed by atoms with E-state index in [1.54, 1.807) is 23.9 Å². The first-order chi connectivity index (χ1) is 15.2. The fraction of sp³-hybridized carbons (Fsp3) is 0.231. The first-order valence-corrected chi connectivity index (χ1v) is 11.5. The van der Waals surface area contributed by atoms with Gasteiger partial charge in [0.1, 0.15) is 11.2 Å². The summed E-state index contributed by atoms with van der Waals surface area (Å²) in [5, 5.41) is 2.63. The molecule has 0 bridgehead atoms. The Morgan fingerprint density at radius 3 is 2.44 bits per heavy atom. The fourth-order valence-corrected chi connectivity index (χ4v) is 4.84. The van der Waals surface area contributed by atoms with Gasteiger partial charge in [-0.3, -0.25) is 14.5 Å². The Balaban J connectivity index is 1.57. The second-order valence-electron chi connectivity index (χ2n) is 8.81. The Bertz CT molecular complexity index is 1150. The van der Waals surface area contributed by atoms with Gasteiger partial charge in [-0.25, -0.2) is 4.39 Å². The summed E-state index contributed by atoms with van der Waals surface area (Å²) in [6.45, 7) is 6.47. The van der Waals surface area contributed by atoms with Crippen molar-refractivity contribution >= 4 is 35.0 Å². The Morgan fingerprint density at radius 1 is 1.03 bits per heavy atom. The van der Waals surface area contributed by atoms with Crippen LogP contribution < -0.4 is 10.2 Å². The van der Waals surface area contributed by atoms with Crippen molar-refractivity contribution in [1.29, 1.82) is 0 Å². The van der Waals surface area contributed by atoms with Crippen molar-refractivity contribution in [2.75, 3.05) is 16.0 Å². The summed E-state index contributed by atoms with van der Waals surface area (Å²) in [6, 6.07) is 21.1. The standard InChI is InChI=1S/C26H25FN2O2S/c1-26(2,3)19-10-12-22(13-11-19)29-23(30)16-32-25(29)18-7-5-9-21(15-18)28-24(31)17-6-4-8-20(27)14-17/h4-15,25H,16H2,1-3H3,(H,28,31)/t25-/m1/s1. The molecule has 1 fully saturated rings.